The molecule has 0 unspecified atom stereocenters. The maximum atomic E-state index is 12.3. The Kier molecular flexibility index (Phi) is 4.61. The highest BCUT2D eigenvalue weighted by atomic mass is 35.5. The Hall–Kier alpha value is -1.06. The highest BCUT2D eigenvalue weighted by molar-refractivity contribution is 6.33. The fourth-order valence-corrected chi connectivity index (χ4v) is 2.59. The van der Waals surface area contributed by atoms with E-state index in [0.29, 0.717) is 16.5 Å². The van der Waals surface area contributed by atoms with Gasteiger partial charge < -0.3 is 10.2 Å². The van der Waals surface area contributed by atoms with Crippen molar-refractivity contribution in [2.75, 3.05) is 26.7 Å². The molecule has 18 heavy (non-hydrogen) atoms. The highest BCUT2D eigenvalue weighted by Gasteiger charge is 2.20. The van der Waals surface area contributed by atoms with Crippen LogP contribution in [0.25, 0.3) is 0 Å². The third-order valence-electron chi connectivity index (χ3n) is 3.44. The minimum absolute atomic E-state index is 0.0131. The van der Waals surface area contributed by atoms with Crippen molar-refractivity contribution >= 4 is 17.5 Å². The zero-order chi connectivity index (χ0) is 13.0. The summed E-state index contributed by atoms with van der Waals surface area (Å²) in [6.45, 7) is 2.92. The van der Waals surface area contributed by atoms with E-state index in [4.69, 9.17) is 11.6 Å². The molecule has 0 spiro atoms. The van der Waals surface area contributed by atoms with E-state index in [1.165, 1.54) is 0 Å². The van der Waals surface area contributed by atoms with Crippen LogP contribution in [0.2, 0.25) is 5.02 Å². The lowest BCUT2D eigenvalue weighted by molar-refractivity contribution is 0.0763. The second-order valence-electron chi connectivity index (χ2n) is 4.86. The summed E-state index contributed by atoms with van der Waals surface area (Å²) in [7, 11) is 1.85. The van der Waals surface area contributed by atoms with Gasteiger partial charge in [-0.05, 0) is 44.0 Å². The molecule has 1 fully saturated rings. The Morgan fingerprint density at radius 3 is 2.72 bits per heavy atom. The first kappa shape index (κ1) is 13.4. The fraction of sp³-hybridized carbons (Fsp3) is 0.500. The number of nitrogens with zero attached hydrogens (tertiary/aromatic N) is 1. The molecule has 1 N–H and O–H groups in total. The lowest BCUT2D eigenvalue weighted by atomic mass is 9.97. The van der Waals surface area contributed by atoms with Crippen molar-refractivity contribution in [3.05, 3.63) is 34.9 Å². The number of piperidine rings is 1. The molecule has 0 atom stereocenters. The molecule has 0 bridgehead atoms. The zero-order valence-electron chi connectivity index (χ0n) is 10.7. The lowest BCUT2D eigenvalue weighted by Gasteiger charge is -2.27. The maximum absolute atomic E-state index is 12.3. The number of hydrogen-bond acceptors (Lipinski definition) is 2. The summed E-state index contributed by atoms with van der Waals surface area (Å²) >= 11 is 6.05. The van der Waals surface area contributed by atoms with Crippen molar-refractivity contribution in [1.82, 2.24) is 10.2 Å². The van der Waals surface area contributed by atoms with Crippen LogP contribution >= 0.6 is 11.6 Å². The van der Waals surface area contributed by atoms with Crippen LogP contribution in [0.3, 0.4) is 0 Å². The van der Waals surface area contributed by atoms with Crippen molar-refractivity contribution in [1.29, 1.82) is 0 Å². The van der Waals surface area contributed by atoms with Crippen LogP contribution in [0.5, 0.6) is 0 Å². The summed E-state index contributed by atoms with van der Waals surface area (Å²) in [5.41, 5.74) is 0.593. The Morgan fingerprint density at radius 1 is 1.39 bits per heavy atom. The van der Waals surface area contributed by atoms with Crippen molar-refractivity contribution in [2.45, 2.75) is 12.8 Å². The van der Waals surface area contributed by atoms with E-state index in [2.05, 4.69) is 5.32 Å². The topological polar surface area (TPSA) is 32.3 Å². The monoisotopic (exact) mass is 266 g/mol. The first-order chi connectivity index (χ1) is 8.68. The van der Waals surface area contributed by atoms with E-state index in [-0.39, 0.29) is 5.91 Å². The number of nitrogens with one attached hydrogen (secondary N) is 1. The normalized spacial score (nSPS) is 16.6. The Bertz CT molecular complexity index is 416. The van der Waals surface area contributed by atoms with E-state index in [1.807, 2.05) is 19.2 Å². The van der Waals surface area contributed by atoms with E-state index in [1.54, 1.807) is 17.0 Å². The lowest BCUT2D eigenvalue weighted by Crippen LogP contribution is -2.37. The second-order valence-corrected chi connectivity index (χ2v) is 5.27. The second kappa shape index (κ2) is 6.21. The first-order valence-corrected chi connectivity index (χ1v) is 6.77. The molecular formula is C14H19ClN2O. The molecule has 1 aliphatic rings. The molecule has 1 heterocycles. The molecule has 0 aliphatic carbocycles. The van der Waals surface area contributed by atoms with Crippen LogP contribution in [-0.2, 0) is 0 Å². The third kappa shape index (κ3) is 3.24. The molecule has 0 aromatic heterocycles. The van der Waals surface area contributed by atoms with Gasteiger partial charge in [-0.2, -0.15) is 0 Å². The van der Waals surface area contributed by atoms with E-state index >= 15 is 0 Å². The minimum atomic E-state index is 0.0131. The van der Waals surface area contributed by atoms with E-state index < -0.39 is 0 Å². The summed E-state index contributed by atoms with van der Waals surface area (Å²) in [4.78, 5) is 14.1. The smallest absolute Gasteiger partial charge is 0.255 e. The molecule has 1 saturated heterocycles. The van der Waals surface area contributed by atoms with E-state index in [0.717, 1.165) is 32.5 Å². The van der Waals surface area contributed by atoms with Crippen LogP contribution in [0.15, 0.2) is 24.3 Å². The molecule has 1 aliphatic heterocycles. The van der Waals surface area contributed by atoms with Gasteiger partial charge in [-0.1, -0.05) is 23.7 Å². The SMILES string of the molecule is CN(CC1CCNCC1)C(=O)c1ccccc1Cl. The molecule has 3 nitrogen and oxygen atoms in total. The van der Waals surface area contributed by atoms with Gasteiger partial charge in [0.1, 0.15) is 0 Å². The van der Waals surface area contributed by atoms with Crippen molar-refractivity contribution in [3.8, 4) is 0 Å². The fourth-order valence-electron chi connectivity index (χ4n) is 2.37. The quantitative estimate of drug-likeness (QED) is 0.911. The van der Waals surface area contributed by atoms with Gasteiger partial charge in [0.2, 0.25) is 0 Å². The zero-order valence-corrected chi connectivity index (χ0v) is 11.4. The molecular weight excluding hydrogens is 248 g/mol. The number of hydrogen-bond donors (Lipinski definition) is 1. The van der Waals surface area contributed by atoms with Crippen molar-refractivity contribution in [3.63, 3.8) is 0 Å². The maximum Gasteiger partial charge on any atom is 0.255 e. The summed E-state index contributed by atoms with van der Waals surface area (Å²) in [5.74, 6) is 0.613. The van der Waals surface area contributed by atoms with Crippen LogP contribution in [0.4, 0.5) is 0 Å². The van der Waals surface area contributed by atoms with Gasteiger partial charge in [-0.15, -0.1) is 0 Å². The molecule has 1 amide bonds. The minimum Gasteiger partial charge on any atom is -0.341 e. The largest absolute Gasteiger partial charge is 0.341 e. The van der Waals surface area contributed by atoms with Gasteiger partial charge in [0, 0.05) is 13.6 Å². The summed E-state index contributed by atoms with van der Waals surface area (Å²) in [6.07, 6.45) is 2.28. The summed E-state index contributed by atoms with van der Waals surface area (Å²) in [5, 5.41) is 3.86. The van der Waals surface area contributed by atoms with Crippen LogP contribution < -0.4 is 5.32 Å². The van der Waals surface area contributed by atoms with Gasteiger partial charge in [0.25, 0.3) is 5.91 Å². The molecule has 1 aromatic rings. The molecule has 98 valence electrons. The number of rotatable bonds is 3. The number of amides is 1. The Labute approximate surface area is 113 Å². The predicted molar refractivity (Wildman–Crippen MR) is 74.0 cm³/mol. The predicted octanol–water partition coefficient (Wildman–Crippen LogP) is 2.41. The number of carbonyl (C=O) groups is 1. The standard InChI is InChI=1S/C14H19ClN2O/c1-17(10-11-6-8-16-9-7-11)14(18)12-4-2-3-5-13(12)15/h2-5,11,16H,6-10H2,1H3. The summed E-state index contributed by atoms with van der Waals surface area (Å²) in [6, 6.07) is 7.22. The van der Waals surface area contributed by atoms with Crippen molar-refractivity contribution < 1.29 is 4.79 Å². The average Bonchev–Trinajstić information content (AvgIpc) is 2.39. The van der Waals surface area contributed by atoms with E-state index in [9.17, 15) is 4.79 Å². The molecule has 2 rings (SSSR count). The first-order valence-electron chi connectivity index (χ1n) is 6.39. The van der Waals surface area contributed by atoms with Crippen LogP contribution in [0, 0.1) is 5.92 Å². The number of benzene rings is 1. The molecule has 0 radical (unpaired) electrons. The molecule has 4 heteroatoms. The number of halogens is 1. The average molecular weight is 267 g/mol. The van der Waals surface area contributed by atoms with Gasteiger partial charge >= 0.3 is 0 Å². The van der Waals surface area contributed by atoms with Gasteiger partial charge in [-0.3, -0.25) is 4.79 Å². The van der Waals surface area contributed by atoms with Crippen molar-refractivity contribution in [2.24, 2.45) is 5.92 Å². The Balaban J connectivity index is 1.98. The van der Waals surface area contributed by atoms with Gasteiger partial charge in [0.15, 0.2) is 0 Å². The Morgan fingerprint density at radius 2 is 2.06 bits per heavy atom. The van der Waals surface area contributed by atoms with Gasteiger partial charge in [-0.25, -0.2) is 0 Å². The molecule has 1 aromatic carbocycles. The van der Waals surface area contributed by atoms with Gasteiger partial charge in [0.05, 0.1) is 10.6 Å². The number of carbonyl (C=O) groups excluding carboxylic acids is 1. The molecule has 0 saturated carbocycles. The highest BCUT2D eigenvalue weighted by Crippen LogP contribution is 2.19. The third-order valence-corrected chi connectivity index (χ3v) is 3.77. The van der Waals surface area contributed by atoms with Crippen LogP contribution in [0.1, 0.15) is 23.2 Å². The van der Waals surface area contributed by atoms with Crippen LogP contribution in [-0.4, -0.2) is 37.5 Å². The summed E-state index contributed by atoms with van der Waals surface area (Å²) < 4.78 is 0.